The summed E-state index contributed by atoms with van der Waals surface area (Å²) in [6.45, 7) is 3.62. The van der Waals surface area contributed by atoms with Gasteiger partial charge in [-0.2, -0.15) is 0 Å². The summed E-state index contributed by atoms with van der Waals surface area (Å²) in [4.78, 5) is 11.4. The van der Waals surface area contributed by atoms with E-state index in [2.05, 4.69) is 0 Å². The largest absolute Gasteiger partial charge is 0.507 e. The Morgan fingerprint density at radius 2 is 2.05 bits per heavy atom. The molecule has 0 atom stereocenters. The normalized spacial score (nSPS) is 11.5. The highest BCUT2D eigenvalue weighted by Gasteiger charge is 2.07. The number of hydrogen-bond acceptors (Lipinski definition) is 5. The predicted octanol–water partition coefficient (Wildman–Crippen LogP) is 4.64. The Balaban J connectivity index is 2.43. The van der Waals surface area contributed by atoms with Crippen LogP contribution in [0.4, 0.5) is 0 Å². The number of ether oxygens (including phenoxy) is 1. The number of esters is 1. The molecule has 0 saturated heterocycles. The lowest BCUT2D eigenvalue weighted by molar-refractivity contribution is -0.146. The first-order valence-corrected chi connectivity index (χ1v) is 8.18. The second-order valence-electron chi connectivity index (χ2n) is 4.49. The summed E-state index contributed by atoms with van der Waals surface area (Å²) in [5.41, 5.74) is 0.640. The number of thiocarbonyl (C=S) groups is 1. The fourth-order valence-electron chi connectivity index (χ4n) is 1.41. The Morgan fingerprint density at radius 3 is 2.62 bits per heavy atom. The lowest BCUT2D eigenvalue weighted by Crippen LogP contribution is -2.12. The minimum atomic E-state index is -0.244. The second kappa shape index (κ2) is 9.07. The highest BCUT2D eigenvalue weighted by molar-refractivity contribution is 8.23. The number of aliphatic hydroxyl groups is 1. The van der Waals surface area contributed by atoms with Gasteiger partial charge in [0.2, 0.25) is 0 Å². The van der Waals surface area contributed by atoms with Crippen molar-refractivity contribution in [1.82, 2.24) is 0 Å². The van der Waals surface area contributed by atoms with E-state index in [1.54, 1.807) is 24.3 Å². The van der Waals surface area contributed by atoms with Crippen molar-refractivity contribution < 1.29 is 14.6 Å². The molecule has 0 amide bonds. The number of thioether (sulfide) groups is 1. The van der Waals surface area contributed by atoms with Crippen LogP contribution in [0.5, 0.6) is 0 Å². The molecule has 0 heterocycles. The molecule has 6 heteroatoms. The van der Waals surface area contributed by atoms with Gasteiger partial charge >= 0.3 is 5.97 Å². The van der Waals surface area contributed by atoms with Crippen LogP contribution in [-0.2, 0) is 9.53 Å². The first kappa shape index (κ1) is 18.0. The predicted molar refractivity (Wildman–Crippen MR) is 93.0 cm³/mol. The first-order valence-electron chi connectivity index (χ1n) is 6.41. The van der Waals surface area contributed by atoms with Crippen LogP contribution in [0.15, 0.2) is 30.3 Å². The molecule has 3 nitrogen and oxygen atoms in total. The molecule has 0 saturated carbocycles. The molecule has 1 aromatic rings. The van der Waals surface area contributed by atoms with Gasteiger partial charge in [0.05, 0.1) is 16.7 Å². The first-order chi connectivity index (χ1) is 9.88. The molecule has 0 fully saturated rings. The smallest absolute Gasteiger partial charge is 0.306 e. The van der Waals surface area contributed by atoms with Gasteiger partial charge in [0, 0.05) is 22.4 Å². The van der Waals surface area contributed by atoms with E-state index in [-0.39, 0.29) is 17.8 Å². The van der Waals surface area contributed by atoms with Crippen molar-refractivity contribution >= 4 is 51.5 Å². The van der Waals surface area contributed by atoms with E-state index in [9.17, 15) is 9.90 Å². The fourth-order valence-corrected chi connectivity index (χ4v) is 2.57. The van der Waals surface area contributed by atoms with Crippen molar-refractivity contribution in [1.29, 1.82) is 0 Å². The minimum Gasteiger partial charge on any atom is -0.507 e. The monoisotopic (exact) mass is 344 g/mol. The van der Waals surface area contributed by atoms with Crippen molar-refractivity contribution in [3.63, 3.8) is 0 Å². The Morgan fingerprint density at radius 1 is 1.43 bits per heavy atom. The van der Waals surface area contributed by atoms with Crippen molar-refractivity contribution in [2.24, 2.45) is 0 Å². The van der Waals surface area contributed by atoms with Crippen molar-refractivity contribution in [2.45, 2.75) is 26.4 Å². The van der Waals surface area contributed by atoms with Crippen LogP contribution in [0, 0.1) is 0 Å². The number of benzene rings is 1. The number of rotatable bonds is 6. The van der Waals surface area contributed by atoms with Crippen LogP contribution >= 0.6 is 35.6 Å². The van der Waals surface area contributed by atoms with Crippen LogP contribution in [0.1, 0.15) is 25.8 Å². The summed E-state index contributed by atoms with van der Waals surface area (Å²) in [6.07, 6.45) is 1.68. The molecular weight excluding hydrogens is 328 g/mol. The van der Waals surface area contributed by atoms with E-state index in [1.807, 2.05) is 13.8 Å². The molecule has 0 aliphatic rings. The molecule has 21 heavy (non-hydrogen) atoms. The van der Waals surface area contributed by atoms with Gasteiger partial charge in [0.15, 0.2) is 0 Å². The maximum absolute atomic E-state index is 11.4. The lowest BCUT2D eigenvalue weighted by atomic mass is 10.2. The zero-order chi connectivity index (χ0) is 15.8. The number of halogens is 1. The highest BCUT2D eigenvalue weighted by Crippen LogP contribution is 2.18. The molecule has 0 aliphatic heterocycles. The molecule has 1 aromatic carbocycles. The van der Waals surface area contributed by atoms with E-state index in [4.69, 9.17) is 28.6 Å². The molecule has 0 aliphatic carbocycles. The highest BCUT2D eigenvalue weighted by atomic mass is 35.5. The van der Waals surface area contributed by atoms with E-state index in [0.29, 0.717) is 27.0 Å². The number of aliphatic hydroxyl groups excluding tert-OH is 1. The molecule has 0 unspecified atom stereocenters. The molecular formula is C15H17ClO3S2. The third-order valence-corrected chi connectivity index (χ3v) is 3.85. The Bertz CT molecular complexity index is 524. The van der Waals surface area contributed by atoms with Crippen molar-refractivity contribution in [2.75, 3.05) is 5.75 Å². The summed E-state index contributed by atoms with van der Waals surface area (Å²) in [5, 5.41) is 10.5. The maximum Gasteiger partial charge on any atom is 0.306 e. The zero-order valence-electron chi connectivity index (χ0n) is 11.8. The Kier molecular flexibility index (Phi) is 7.78. The van der Waals surface area contributed by atoms with Gasteiger partial charge in [-0.1, -0.05) is 23.8 Å². The second-order valence-corrected chi connectivity index (χ2v) is 6.76. The topological polar surface area (TPSA) is 46.5 Å². The summed E-state index contributed by atoms with van der Waals surface area (Å²) in [5.74, 6) is 0.356. The van der Waals surface area contributed by atoms with Gasteiger partial charge in [-0.15, -0.1) is 11.8 Å². The molecule has 114 valence electrons. The van der Waals surface area contributed by atoms with Gasteiger partial charge in [0.25, 0.3) is 0 Å². The molecule has 0 bridgehead atoms. The third-order valence-electron chi connectivity index (χ3n) is 2.31. The summed E-state index contributed by atoms with van der Waals surface area (Å²) in [6, 6.07) is 6.81. The van der Waals surface area contributed by atoms with E-state index in [1.165, 1.54) is 17.8 Å². The SMILES string of the molecule is CC(C)OC(=O)CCSC(=S)C=C(O)c1ccc(Cl)cc1. The lowest BCUT2D eigenvalue weighted by Gasteiger charge is -2.07. The molecule has 1 N–H and O–H groups in total. The number of carbonyl (C=O) groups is 1. The van der Waals surface area contributed by atoms with Gasteiger partial charge in [-0.3, -0.25) is 4.79 Å². The molecule has 0 radical (unpaired) electrons. The minimum absolute atomic E-state index is 0.0777. The average Bonchev–Trinajstić information content (AvgIpc) is 2.38. The van der Waals surface area contributed by atoms with Crippen molar-refractivity contribution in [3.05, 3.63) is 40.9 Å². The average molecular weight is 345 g/mol. The van der Waals surface area contributed by atoms with Crippen LogP contribution in [0.2, 0.25) is 5.02 Å². The summed E-state index contributed by atoms with van der Waals surface area (Å²) < 4.78 is 5.53. The van der Waals surface area contributed by atoms with E-state index >= 15 is 0 Å². The zero-order valence-corrected chi connectivity index (χ0v) is 14.2. The summed E-state index contributed by atoms with van der Waals surface area (Å²) in [7, 11) is 0. The number of carbonyl (C=O) groups excluding carboxylic acids is 1. The third kappa shape index (κ3) is 7.50. The summed E-state index contributed by atoms with van der Waals surface area (Å²) >= 11 is 12.3. The van der Waals surface area contributed by atoms with Crippen LogP contribution in [0.3, 0.4) is 0 Å². The van der Waals surface area contributed by atoms with Crippen molar-refractivity contribution in [3.8, 4) is 0 Å². The number of hydrogen-bond donors (Lipinski definition) is 1. The standard InChI is InChI=1S/C15H17ClO3S2/c1-10(2)19-14(18)7-8-21-15(20)9-13(17)11-3-5-12(16)6-4-11/h3-6,9-10,17H,7-8H2,1-2H3. The van der Waals surface area contributed by atoms with E-state index < -0.39 is 0 Å². The maximum atomic E-state index is 11.4. The van der Waals surface area contributed by atoms with Crippen LogP contribution in [-0.4, -0.2) is 27.1 Å². The van der Waals surface area contributed by atoms with E-state index in [0.717, 1.165) is 0 Å². The van der Waals surface area contributed by atoms with Gasteiger partial charge in [-0.05, 0) is 38.1 Å². The molecule has 0 spiro atoms. The Hall–Kier alpha value is -1.04. The quantitative estimate of drug-likeness (QED) is 0.352. The van der Waals surface area contributed by atoms with Gasteiger partial charge in [0.1, 0.15) is 5.76 Å². The van der Waals surface area contributed by atoms with Crippen LogP contribution in [0.25, 0.3) is 5.76 Å². The van der Waals surface area contributed by atoms with Gasteiger partial charge in [-0.25, -0.2) is 0 Å². The van der Waals surface area contributed by atoms with Gasteiger partial charge < -0.3 is 9.84 Å². The fraction of sp³-hybridized carbons (Fsp3) is 0.333. The van der Waals surface area contributed by atoms with Crippen LogP contribution < -0.4 is 0 Å². The molecule has 0 aromatic heterocycles. The molecule has 1 rings (SSSR count). The Labute approximate surface area is 139 Å².